The maximum Gasteiger partial charge on any atom is 0.0164 e. The lowest BCUT2D eigenvalue weighted by Crippen LogP contribution is -2.03. The van der Waals surface area contributed by atoms with Gasteiger partial charge in [0.15, 0.2) is 0 Å². The summed E-state index contributed by atoms with van der Waals surface area (Å²) in [5.74, 6) is 0. The van der Waals surface area contributed by atoms with Crippen LogP contribution in [-0.2, 0) is 0 Å². The largest absolute Gasteiger partial charge is 0.327 e. The topological polar surface area (TPSA) is 26.0 Å². The van der Waals surface area contributed by atoms with Crippen molar-refractivity contribution >= 4 is 0 Å². The van der Waals surface area contributed by atoms with Gasteiger partial charge in [-0.05, 0) is 36.5 Å². The fourth-order valence-electron chi connectivity index (χ4n) is 2.66. The molecule has 0 unspecified atom stereocenters. The SMILES string of the molecule is NC1C2(CC2)C12CC2. The molecule has 3 fully saturated rings. The van der Waals surface area contributed by atoms with Gasteiger partial charge in [-0.25, -0.2) is 0 Å². The van der Waals surface area contributed by atoms with Crippen LogP contribution in [-0.4, -0.2) is 6.04 Å². The lowest BCUT2D eigenvalue weighted by Gasteiger charge is -1.75. The van der Waals surface area contributed by atoms with E-state index in [0.29, 0.717) is 6.04 Å². The number of fused-ring (bicyclic) bond motifs is 1. The normalized spacial score (nSPS) is 49.9. The maximum absolute atomic E-state index is 5.90. The second-order valence-corrected chi connectivity index (χ2v) is 3.79. The van der Waals surface area contributed by atoms with Crippen molar-refractivity contribution in [3.8, 4) is 0 Å². The number of nitrogens with two attached hydrogens (primary N) is 1. The molecule has 2 spiro atoms. The first-order valence-electron chi connectivity index (χ1n) is 3.57. The summed E-state index contributed by atoms with van der Waals surface area (Å²) in [4.78, 5) is 0. The molecule has 0 aliphatic heterocycles. The third-order valence-corrected chi connectivity index (χ3v) is 3.68. The molecule has 44 valence electrons. The van der Waals surface area contributed by atoms with E-state index >= 15 is 0 Å². The van der Waals surface area contributed by atoms with Crippen LogP contribution in [0.5, 0.6) is 0 Å². The van der Waals surface area contributed by atoms with Crippen molar-refractivity contribution in [2.75, 3.05) is 0 Å². The van der Waals surface area contributed by atoms with E-state index in [4.69, 9.17) is 5.73 Å². The Balaban J connectivity index is 2.06. The van der Waals surface area contributed by atoms with E-state index in [2.05, 4.69) is 0 Å². The Labute approximate surface area is 49.3 Å². The Morgan fingerprint density at radius 3 is 1.50 bits per heavy atom. The zero-order valence-electron chi connectivity index (χ0n) is 4.98. The van der Waals surface area contributed by atoms with E-state index in [9.17, 15) is 0 Å². The van der Waals surface area contributed by atoms with Gasteiger partial charge in [-0.3, -0.25) is 0 Å². The molecule has 3 aliphatic carbocycles. The number of hydrogen-bond donors (Lipinski definition) is 1. The lowest BCUT2D eigenvalue weighted by molar-refractivity contribution is 0.716. The van der Waals surface area contributed by atoms with Crippen LogP contribution in [0.25, 0.3) is 0 Å². The van der Waals surface area contributed by atoms with E-state index in [1.807, 2.05) is 0 Å². The molecule has 1 heteroatoms. The molecule has 0 bridgehead atoms. The number of rotatable bonds is 0. The third kappa shape index (κ3) is 0.175. The van der Waals surface area contributed by atoms with Gasteiger partial charge in [0.1, 0.15) is 0 Å². The second kappa shape index (κ2) is 0.688. The Morgan fingerprint density at radius 1 is 1.00 bits per heavy atom. The predicted octanol–water partition coefficient (Wildman–Crippen LogP) is 0.888. The Hall–Kier alpha value is -0.0400. The smallest absolute Gasteiger partial charge is 0.0164 e. The van der Waals surface area contributed by atoms with Gasteiger partial charge in [0.25, 0.3) is 0 Å². The van der Waals surface area contributed by atoms with Crippen molar-refractivity contribution in [2.24, 2.45) is 16.6 Å². The minimum Gasteiger partial charge on any atom is -0.327 e. The summed E-state index contributed by atoms with van der Waals surface area (Å²) >= 11 is 0. The van der Waals surface area contributed by atoms with Gasteiger partial charge in [0.05, 0.1) is 0 Å². The van der Waals surface area contributed by atoms with Crippen LogP contribution in [0.4, 0.5) is 0 Å². The van der Waals surface area contributed by atoms with Gasteiger partial charge < -0.3 is 5.73 Å². The highest BCUT2D eigenvalue weighted by Gasteiger charge is 2.85. The summed E-state index contributed by atoms with van der Waals surface area (Å²) in [6.45, 7) is 0. The van der Waals surface area contributed by atoms with Crippen LogP contribution in [0, 0.1) is 10.8 Å². The van der Waals surface area contributed by atoms with Gasteiger partial charge in [-0.15, -0.1) is 0 Å². The molecule has 1 nitrogen and oxygen atoms in total. The molecule has 8 heavy (non-hydrogen) atoms. The molecule has 3 saturated carbocycles. The van der Waals surface area contributed by atoms with E-state index < -0.39 is 0 Å². The molecule has 0 heterocycles. The molecule has 0 amide bonds. The van der Waals surface area contributed by atoms with Crippen LogP contribution >= 0.6 is 0 Å². The van der Waals surface area contributed by atoms with E-state index in [1.165, 1.54) is 25.7 Å². The highest BCUT2D eigenvalue weighted by atomic mass is 15.0. The van der Waals surface area contributed by atoms with Crippen LogP contribution in [0.1, 0.15) is 25.7 Å². The van der Waals surface area contributed by atoms with Crippen LogP contribution < -0.4 is 5.73 Å². The maximum atomic E-state index is 5.90. The van der Waals surface area contributed by atoms with Gasteiger partial charge in [0, 0.05) is 6.04 Å². The van der Waals surface area contributed by atoms with Crippen molar-refractivity contribution in [1.29, 1.82) is 0 Å². The van der Waals surface area contributed by atoms with E-state index in [1.54, 1.807) is 0 Å². The monoisotopic (exact) mass is 109 g/mol. The van der Waals surface area contributed by atoms with Crippen molar-refractivity contribution in [3.05, 3.63) is 0 Å². The number of hydrogen-bond acceptors (Lipinski definition) is 1. The van der Waals surface area contributed by atoms with Gasteiger partial charge in [-0.1, -0.05) is 0 Å². The zero-order valence-corrected chi connectivity index (χ0v) is 4.98. The molecule has 0 radical (unpaired) electrons. The summed E-state index contributed by atoms with van der Waals surface area (Å²) < 4.78 is 0. The summed E-state index contributed by atoms with van der Waals surface area (Å²) in [6.07, 6.45) is 5.81. The summed E-state index contributed by atoms with van der Waals surface area (Å²) in [6, 6.07) is 0.634. The minimum atomic E-state index is 0.634. The van der Waals surface area contributed by atoms with Crippen LogP contribution in [0.3, 0.4) is 0 Å². The fourth-order valence-corrected chi connectivity index (χ4v) is 2.66. The fraction of sp³-hybridized carbons (Fsp3) is 1.00. The van der Waals surface area contributed by atoms with Crippen molar-refractivity contribution < 1.29 is 0 Å². The quantitative estimate of drug-likeness (QED) is 0.491. The Kier molecular flexibility index (Phi) is 0.334. The molecule has 0 aromatic carbocycles. The lowest BCUT2D eigenvalue weighted by atomic mass is 10.3. The highest BCUT2D eigenvalue weighted by molar-refractivity contribution is 5.37. The summed E-state index contributed by atoms with van der Waals surface area (Å²) in [5.41, 5.74) is 7.39. The van der Waals surface area contributed by atoms with E-state index in [-0.39, 0.29) is 0 Å². The first-order chi connectivity index (χ1) is 3.82. The Morgan fingerprint density at radius 2 is 1.38 bits per heavy atom. The average Bonchev–Trinajstić information content (AvgIpc) is 2.61. The molecule has 0 aromatic rings. The molecule has 3 aliphatic rings. The van der Waals surface area contributed by atoms with Crippen molar-refractivity contribution in [1.82, 2.24) is 0 Å². The van der Waals surface area contributed by atoms with Crippen molar-refractivity contribution in [2.45, 2.75) is 31.7 Å². The van der Waals surface area contributed by atoms with Gasteiger partial charge in [0.2, 0.25) is 0 Å². The van der Waals surface area contributed by atoms with Gasteiger partial charge >= 0.3 is 0 Å². The standard InChI is InChI=1S/C7H11N/c8-5-6(1-2-6)7(5)3-4-7/h5H,1-4,8H2. The van der Waals surface area contributed by atoms with Crippen LogP contribution in [0.2, 0.25) is 0 Å². The molecular formula is C7H11N. The van der Waals surface area contributed by atoms with Crippen molar-refractivity contribution in [3.63, 3.8) is 0 Å². The zero-order chi connectivity index (χ0) is 5.41. The first kappa shape index (κ1) is 3.89. The molecular weight excluding hydrogens is 98.1 g/mol. The second-order valence-electron chi connectivity index (χ2n) is 3.79. The van der Waals surface area contributed by atoms with E-state index in [0.717, 1.165) is 10.8 Å². The van der Waals surface area contributed by atoms with Gasteiger partial charge in [-0.2, -0.15) is 0 Å². The first-order valence-corrected chi connectivity index (χ1v) is 3.57. The third-order valence-electron chi connectivity index (χ3n) is 3.68. The molecule has 3 rings (SSSR count). The molecule has 2 N–H and O–H groups in total. The predicted molar refractivity (Wildman–Crippen MR) is 31.3 cm³/mol. The molecule has 0 saturated heterocycles. The molecule has 0 atom stereocenters. The summed E-state index contributed by atoms with van der Waals surface area (Å²) in [5, 5.41) is 0. The van der Waals surface area contributed by atoms with Crippen LogP contribution in [0.15, 0.2) is 0 Å². The average molecular weight is 109 g/mol. The summed E-state index contributed by atoms with van der Waals surface area (Å²) in [7, 11) is 0. The highest BCUT2D eigenvalue weighted by Crippen LogP contribution is 2.87. The molecule has 0 aromatic heterocycles. The Bertz CT molecular complexity index is 136. The minimum absolute atomic E-state index is 0.634.